The number of ether oxygens (including phenoxy) is 2. The molecule has 1 aromatic rings. The van der Waals surface area contributed by atoms with Gasteiger partial charge in [-0.05, 0) is 25.0 Å². The van der Waals surface area contributed by atoms with Gasteiger partial charge in [0.25, 0.3) is 0 Å². The van der Waals surface area contributed by atoms with Crippen molar-refractivity contribution in [2.45, 2.75) is 19.3 Å². The number of hydrogen-bond acceptors (Lipinski definition) is 4. The minimum absolute atomic E-state index is 0.172. The van der Waals surface area contributed by atoms with Gasteiger partial charge in [0.05, 0.1) is 42.2 Å². The van der Waals surface area contributed by atoms with Crippen LogP contribution in [0.4, 0.5) is 0 Å². The van der Waals surface area contributed by atoms with Gasteiger partial charge in [0.15, 0.2) is 0 Å². The summed E-state index contributed by atoms with van der Waals surface area (Å²) in [6, 6.07) is 5.72. The zero-order valence-corrected chi connectivity index (χ0v) is 14.7. The summed E-state index contributed by atoms with van der Waals surface area (Å²) < 4.78 is 10.9. The molecule has 1 aromatic carbocycles. The summed E-state index contributed by atoms with van der Waals surface area (Å²) in [6.07, 6.45) is 2.94. The highest BCUT2D eigenvalue weighted by molar-refractivity contribution is 6.42. The maximum atomic E-state index is 6.34. The van der Waals surface area contributed by atoms with E-state index in [1.54, 1.807) is 6.07 Å². The second kappa shape index (κ2) is 9.40. The molecule has 4 nitrogen and oxygen atoms in total. The Bertz CT molecular complexity index is 588. The smallest absolute Gasteiger partial charge is 0.0885 e. The Morgan fingerprint density at radius 3 is 2.78 bits per heavy atom. The van der Waals surface area contributed by atoms with Crippen molar-refractivity contribution in [1.29, 1.82) is 0 Å². The van der Waals surface area contributed by atoms with Gasteiger partial charge in [0.2, 0.25) is 0 Å². The van der Waals surface area contributed by atoms with Gasteiger partial charge in [-0.2, -0.15) is 0 Å². The van der Waals surface area contributed by atoms with Crippen LogP contribution in [0, 0.1) is 0 Å². The highest BCUT2D eigenvalue weighted by Gasteiger charge is 2.19. The summed E-state index contributed by atoms with van der Waals surface area (Å²) >= 11 is 12.5. The second-order valence-electron chi connectivity index (χ2n) is 5.41. The Morgan fingerprint density at radius 1 is 1.22 bits per heavy atom. The molecule has 0 saturated heterocycles. The van der Waals surface area contributed by atoms with Crippen LogP contribution in [0.3, 0.4) is 0 Å². The van der Waals surface area contributed by atoms with Gasteiger partial charge < -0.3 is 15.2 Å². The number of allylic oxidation sites excluding steroid dienone is 1. The quantitative estimate of drug-likeness (QED) is 0.720. The Kier molecular flexibility index (Phi) is 7.53. The van der Waals surface area contributed by atoms with Crippen molar-refractivity contribution in [3.05, 3.63) is 45.6 Å². The lowest BCUT2D eigenvalue weighted by atomic mass is 9.91. The summed E-state index contributed by atoms with van der Waals surface area (Å²) in [5.41, 5.74) is 8.35. The van der Waals surface area contributed by atoms with Crippen molar-refractivity contribution in [2.75, 3.05) is 33.0 Å². The van der Waals surface area contributed by atoms with Crippen molar-refractivity contribution < 1.29 is 9.47 Å². The van der Waals surface area contributed by atoms with E-state index in [0.717, 1.165) is 23.4 Å². The number of halogens is 2. The number of rotatable bonds is 8. The Hall–Kier alpha value is -0.910. The first kappa shape index (κ1) is 18.4. The van der Waals surface area contributed by atoms with Gasteiger partial charge >= 0.3 is 0 Å². The van der Waals surface area contributed by atoms with Crippen LogP contribution >= 0.6 is 23.2 Å². The summed E-state index contributed by atoms with van der Waals surface area (Å²) in [6.45, 7) is 4.61. The van der Waals surface area contributed by atoms with Gasteiger partial charge in [-0.3, -0.25) is 4.99 Å². The van der Waals surface area contributed by atoms with Crippen molar-refractivity contribution in [2.24, 2.45) is 10.7 Å². The van der Waals surface area contributed by atoms with Crippen LogP contribution in [0.25, 0.3) is 0 Å². The molecule has 0 saturated carbocycles. The molecule has 0 bridgehead atoms. The lowest BCUT2D eigenvalue weighted by molar-refractivity contribution is 0.0592. The normalized spacial score (nSPS) is 17.8. The van der Waals surface area contributed by atoms with Gasteiger partial charge in [0.1, 0.15) is 0 Å². The summed E-state index contributed by atoms with van der Waals surface area (Å²) in [7, 11) is 0. The number of hydrogen-bond donors (Lipinski definition) is 1. The zero-order chi connectivity index (χ0) is 16.7. The van der Waals surface area contributed by atoms with Crippen molar-refractivity contribution >= 4 is 28.9 Å². The standard InChI is InChI=1S/C17H22Cl2N2O2/c1-12-9-13(15-3-2-4-16(18)17(15)19)10-14(21-12)11-23-8-7-22-6-5-20/h2-4,10,13H,5-9,11,20H2,1H3. The van der Waals surface area contributed by atoms with Crippen LogP contribution in [0.2, 0.25) is 10.0 Å². The fourth-order valence-corrected chi connectivity index (χ4v) is 2.95. The largest absolute Gasteiger partial charge is 0.378 e. The third-order valence-corrected chi connectivity index (χ3v) is 4.34. The molecule has 0 amide bonds. The van der Waals surface area contributed by atoms with Crippen molar-refractivity contribution in [3.63, 3.8) is 0 Å². The molecule has 1 heterocycles. The second-order valence-corrected chi connectivity index (χ2v) is 6.20. The van der Waals surface area contributed by atoms with E-state index in [9.17, 15) is 0 Å². The van der Waals surface area contributed by atoms with E-state index in [1.165, 1.54) is 0 Å². The van der Waals surface area contributed by atoms with E-state index < -0.39 is 0 Å². The van der Waals surface area contributed by atoms with Gasteiger partial charge in [-0.25, -0.2) is 0 Å². The minimum atomic E-state index is 0.172. The van der Waals surface area contributed by atoms with E-state index in [0.29, 0.717) is 43.0 Å². The molecule has 2 N–H and O–H groups in total. The number of nitrogens with two attached hydrogens (primary N) is 1. The molecule has 1 unspecified atom stereocenters. The Balaban J connectivity index is 1.96. The van der Waals surface area contributed by atoms with Crippen LogP contribution in [0.15, 0.2) is 35.0 Å². The highest BCUT2D eigenvalue weighted by atomic mass is 35.5. The molecule has 23 heavy (non-hydrogen) atoms. The predicted molar refractivity (Wildman–Crippen MR) is 95.7 cm³/mol. The van der Waals surface area contributed by atoms with E-state index >= 15 is 0 Å². The fraction of sp³-hybridized carbons (Fsp3) is 0.471. The maximum Gasteiger partial charge on any atom is 0.0885 e. The average Bonchev–Trinajstić information content (AvgIpc) is 2.53. The van der Waals surface area contributed by atoms with Gasteiger partial charge in [-0.1, -0.05) is 41.4 Å². The topological polar surface area (TPSA) is 56.8 Å². The molecule has 1 atom stereocenters. The molecule has 126 valence electrons. The fourth-order valence-electron chi connectivity index (χ4n) is 2.50. The number of aliphatic imine (C=N–C) groups is 1. The monoisotopic (exact) mass is 356 g/mol. The van der Waals surface area contributed by atoms with Gasteiger partial charge in [0, 0.05) is 18.2 Å². The van der Waals surface area contributed by atoms with Crippen LogP contribution in [-0.2, 0) is 9.47 Å². The molecule has 0 aliphatic carbocycles. The van der Waals surface area contributed by atoms with Crippen LogP contribution in [0.1, 0.15) is 24.8 Å². The predicted octanol–water partition coefficient (Wildman–Crippen LogP) is 3.82. The molecular formula is C17H22Cl2N2O2. The molecule has 0 aromatic heterocycles. The Morgan fingerprint density at radius 2 is 2.00 bits per heavy atom. The van der Waals surface area contributed by atoms with E-state index in [-0.39, 0.29) is 5.92 Å². The summed E-state index contributed by atoms with van der Waals surface area (Å²) in [5, 5.41) is 1.19. The summed E-state index contributed by atoms with van der Waals surface area (Å²) in [4.78, 5) is 4.56. The van der Waals surface area contributed by atoms with Gasteiger partial charge in [-0.15, -0.1) is 0 Å². The number of benzene rings is 1. The molecule has 6 heteroatoms. The van der Waals surface area contributed by atoms with E-state index in [2.05, 4.69) is 11.1 Å². The van der Waals surface area contributed by atoms with Crippen LogP contribution in [0.5, 0.6) is 0 Å². The first-order valence-electron chi connectivity index (χ1n) is 7.66. The van der Waals surface area contributed by atoms with Crippen molar-refractivity contribution in [3.8, 4) is 0 Å². The maximum absolute atomic E-state index is 6.34. The zero-order valence-electron chi connectivity index (χ0n) is 13.2. The summed E-state index contributed by atoms with van der Waals surface area (Å²) in [5.74, 6) is 0.172. The van der Waals surface area contributed by atoms with E-state index in [4.69, 9.17) is 38.4 Å². The third-order valence-electron chi connectivity index (χ3n) is 3.51. The lowest BCUT2D eigenvalue weighted by Crippen LogP contribution is -2.14. The van der Waals surface area contributed by atoms with Crippen molar-refractivity contribution in [1.82, 2.24) is 0 Å². The lowest BCUT2D eigenvalue weighted by Gasteiger charge is -2.21. The number of nitrogens with zero attached hydrogens (tertiary/aromatic N) is 1. The minimum Gasteiger partial charge on any atom is -0.378 e. The molecule has 1 aliphatic heterocycles. The highest BCUT2D eigenvalue weighted by Crippen LogP contribution is 2.35. The van der Waals surface area contributed by atoms with E-state index in [1.807, 2.05) is 19.1 Å². The molecule has 1 aliphatic rings. The van der Waals surface area contributed by atoms with Crippen LogP contribution < -0.4 is 5.73 Å². The molecule has 0 fully saturated rings. The first-order valence-corrected chi connectivity index (χ1v) is 8.41. The molecule has 0 radical (unpaired) electrons. The van der Waals surface area contributed by atoms with Crippen LogP contribution in [-0.4, -0.2) is 38.7 Å². The molecular weight excluding hydrogens is 335 g/mol. The molecule has 2 rings (SSSR count). The average molecular weight is 357 g/mol. The SMILES string of the molecule is CC1=NC(COCCOCCN)=CC(c2cccc(Cl)c2Cl)C1. The first-order chi connectivity index (χ1) is 11.1. The third kappa shape index (κ3) is 5.59. The molecule has 0 spiro atoms. The Labute approximate surface area is 147 Å².